The molecule has 0 aliphatic rings. The Morgan fingerprint density at radius 1 is 1.08 bits per heavy atom. The molecule has 2 aromatic carbocycles. The van der Waals surface area contributed by atoms with Crippen LogP contribution in [0, 0.1) is 0 Å². The Bertz CT molecular complexity index is 1070. The first-order valence-electron chi connectivity index (χ1n) is 7.47. The first-order valence-corrected chi connectivity index (χ1v) is 8.35. The Kier molecular flexibility index (Phi) is 3.63. The van der Waals surface area contributed by atoms with Gasteiger partial charge in [-0.3, -0.25) is 4.79 Å². The standard InChI is InChI=1S/C19H14N2O2S/c1-23-14-7-8-16-13(9-14)10-15(18(22)20-16)17-11-24-19(21-17)12-5-3-2-4-6-12/h2-11H,1H3,(H,20,22). The second-order valence-corrected chi connectivity index (χ2v) is 6.23. The number of H-pyrrole nitrogens is 1. The molecular formula is C19H14N2O2S. The monoisotopic (exact) mass is 334 g/mol. The molecule has 0 spiro atoms. The van der Waals surface area contributed by atoms with Gasteiger partial charge in [0.2, 0.25) is 0 Å². The highest BCUT2D eigenvalue weighted by atomic mass is 32.1. The fourth-order valence-electron chi connectivity index (χ4n) is 2.61. The number of methoxy groups -OCH3 is 1. The van der Waals surface area contributed by atoms with Gasteiger partial charge in [0.25, 0.3) is 5.56 Å². The Balaban J connectivity index is 1.83. The third-order valence-corrected chi connectivity index (χ3v) is 4.74. The van der Waals surface area contributed by atoms with Crippen LogP contribution in [-0.2, 0) is 0 Å². The summed E-state index contributed by atoms with van der Waals surface area (Å²) in [5.41, 5.74) is 2.94. The van der Waals surface area contributed by atoms with Gasteiger partial charge in [0.05, 0.1) is 18.4 Å². The number of nitrogens with zero attached hydrogens (tertiary/aromatic N) is 1. The van der Waals surface area contributed by atoms with Gasteiger partial charge in [0.15, 0.2) is 0 Å². The fourth-order valence-corrected chi connectivity index (χ4v) is 3.44. The molecule has 0 unspecified atom stereocenters. The van der Waals surface area contributed by atoms with E-state index >= 15 is 0 Å². The van der Waals surface area contributed by atoms with Crippen LogP contribution in [0.3, 0.4) is 0 Å². The van der Waals surface area contributed by atoms with Crippen molar-refractivity contribution < 1.29 is 4.74 Å². The topological polar surface area (TPSA) is 55.0 Å². The van der Waals surface area contributed by atoms with E-state index in [2.05, 4.69) is 9.97 Å². The lowest BCUT2D eigenvalue weighted by atomic mass is 10.1. The minimum atomic E-state index is -0.141. The summed E-state index contributed by atoms with van der Waals surface area (Å²) in [6.07, 6.45) is 0. The molecule has 0 amide bonds. The minimum Gasteiger partial charge on any atom is -0.497 e. The van der Waals surface area contributed by atoms with E-state index in [4.69, 9.17) is 4.74 Å². The van der Waals surface area contributed by atoms with Gasteiger partial charge in [0.1, 0.15) is 10.8 Å². The Labute approximate surface area is 142 Å². The highest BCUT2D eigenvalue weighted by Gasteiger charge is 2.11. The quantitative estimate of drug-likeness (QED) is 0.607. The number of ether oxygens (including phenoxy) is 1. The molecular weight excluding hydrogens is 320 g/mol. The number of hydrogen-bond acceptors (Lipinski definition) is 4. The van der Waals surface area contributed by atoms with E-state index in [1.54, 1.807) is 7.11 Å². The van der Waals surface area contributed by atoms with Gasteiger partial charge >= 0.3 is 0 Å². The molecule has 2 heterocycles. The molecule has 0 aliphatic heterocycles. The van der Waals surface area contributed by atoms with E-state index in [0.29, 0.717) is 11.3 Å². The van der Waals surface area contributed by atoms with Gasteiger partial charge in [-0.1, -0.05) is 30.3 Å². The summed E-state index contributed by atoms with van der Waals surface area (Å²) >= 11 is 1.53. The molecule has 0 saturated carbocycles. The van der Waals surface area contributed by atoms with Crippen LogP contribution in [0.5, 0.6) is 5.75 Å². The number of fused-ring (bicyclic) bond motifs is 1. The van der Waals surface area contributed by atoms with E-state index < -0.39 is 0 Å². The number of nitrogens with one attached hydrogen (secondary N) is 1. The Morgan fingerprint density at radius 3 is 2.71 bits per heavy atom. The van der Waals surface area contributed by atoms with Crippen LogP contribution < -0.4 is 10.3 Å². The summed E-state index contributed by atoms with van der Waals surface area (Å²) < 4.78 is 5.25. The molecule has 24 heavy (non-hydrogen) atoms. The zero-order valence-electron chi connectivity index (χ0n) is 12.9. The maximum absolute atomic E-state index is 12.4. The fraction of sp³-hybridized carbons (Fsp3) is 0.0526. The number of hydrogen-bond donors (Lipinski definition) is 1. The van der Waals surface area contributed by atoms with Crippen molar-refractivity contribution in [1.82, 2.24) is 9.97 Å². The molecule has 0 saturated heterocycles. The first-order chi connectivity index (χ1) is 11.7. The van der Waals surface area contributed by atoms with Gasteiger partial charge in [-0.25, -0.2) is 4.98 Å². The van der Waals surface area contributed by atoms with Crippen LogP contribution in [0.4, 0.5) is 0 Å². The molecule has 4 aromatic rings. The SMILES string of the molecule is COc1ccc2[nH]c(=O)c(-c3csc(-c4ccccc4)n3)cc2c1. The van der Waals surface area contributed by atoms with Crippen LogP contribution in [0.25, 0.3) is 32.7 Å². The van der Waals surface area contributed by atoms with Crippen molar-refractivity contribution in [2.45, 2.75) is 0 Å². The second kappa shape index (κ2) is 5.94. The van der Waals surface area contributed by atoms with Gasteiger partial charge in [-0.15, -0.1) is 11.3 Å². The smallest absolute Gasteiger partial charge is 0.257 e. The van der Waals surface area contributed by atoms with Crippen molar-refractivity contribution >= 4 is 22.2 Å². The van der Waals surface area contributed by atoms with E-state index in [9.17, 15) is 4.79 Å². The van der Waals surface area contributed by atoms with Crippen LogP contribution in [0.1, 0.15) is 0 Å². The van der Waals surface area contributed by atoms with Crippen molar-refractivity contribution in [1.29, 1.82) is 0 Å². The summed E-state index contributed by atoms with van der Waals surface area (Å²) in [6, 6.07) is 17.4. The van der Waals surface area contributed by atoms with E-state index in [-0.39, 0.29) is 5.56 Å². The van der Waals surface area contributed by atoms with Gasteiger partial charge in [-0.05, 0) is 24.3 Å². The number of benzene rings is 2. The maximum atomic E-state index is 12.4. The Hall–Kier alpha value is -2.92. The van der Waals surface area contributed by atoms with Gasteiger partial charge in [-0.2, -0.15) is 0 Å². The predicted molar refractivity (Wildman–Crippen MR) is 97.7 cm³/mol. The average Bonchev–Trinajstić information content (AvgIpc) is 3.11. The molecule has 0 bridgehead atoms. The number of rotatable bonds is 3. The number of thiazole rings is 1. The maximum Gasteiger partial charge on any atom is 0.257 e. The van der Waals surface area contributed by atoms with Crippen LogP contribution in [-0.4, -0.2) is 17.1 Å². The van der Waals surface area contributed by atoms with Gasteiger partial charge < -0.3 is 9.72 Å². The van der Waals surface area contributed by atoms with E-state index in [0.717, 1.165) is 27.2 Å². The number of pyridine rings is 1. The van der Waals surface area contributed by atoms with E-state index in [1.165, 1.54) is 11.3 Å². The molecule has 0 fully saturated rings. The zero-order chi connectivity index (χ0) is 16.5. The molecule has 1 N–H and O–H groups in total. The van der Waals surface area contributed by atoms with Crippen molar-refractivity contribution in [3.8, 4) is 27.6 Å². The molecule has 0 atom stereocenters. The lowest BCUT2D eigenvalue weighted by Crippen LogP contribution is -2.08. The molecule has 2 aromatic heterocycles. The number of aromatic nitrogens is 2. The van der Waals surface area contributed by atoms with Crippen LogP contribution >= 0.6 is 11.3 Å². The molecule has 5 heteroatoms. The highest BCUT2D eigenvalue weighted by Crippen LogP contribution is 2.28. The zero-order valence-corrected chi connectivity index (χ0v) is 13.8. The lowest BCUT2D eigenvalue weighted by Gasteiger charge is -2.04. The van der Waals surface area contributed by atoms with Crippen LogP contribution in [0.2, 0.25) is 0 Å². The van der Waals surface area contributed by atoms with E-state index in [1.807, 2.05) is 60.0 Å². The summed E-state index contributed by atoms with van der Waals surface area (Å²) in [6.45, 7) is 0. The molecule has 118 valence electrons. The largest absolute Gasteiger partial charge is 0.497 e. The normalized spacial score (nSPS) is 10.9. The van der Waals surface area contributed by atoms with Crippen molar-refractivity contribution in [3.63, 3.8) is 0 Å². The summed E-state index contributed by atoms with van der Waals surface area (Å²) in [5.74, 6) is 0.753. The summed E-state index contributed by atoms with van der Waals surface area (Å²) in [7, 11) is 1.63. The molecule has 0 radical (unpaired) electrons. The Morgan fingerprint density at radius 2 is 1.92 bits per heavy atom. The summed E-state index contributed by atoms with van der Waals surface area (Å²) in [5, 5.41) is 3.73. The third-order valence-electron chi connectivity index (χ3n) is 3.85. The molecule has 4 nitrogen and oxygen atoms in total. The van der Waals surface area contributed by atoms with Crippen LogP contribution in [0.15, 0.2) is 64.8 Å². The summed E-state index contributed by atoms with van der Waals surface area (Å²) in [4.78, 5) is 20.0. The van der Waals surface area contributed by atoms with Gasteiger partial charge in [0, 0.05) is 21.8 Å². The second-order valence-electron chi connectivity index (χ2n) is 5.37. The van der Waals surface area contributed by atoms with Crippen molar-refractivity contribution in [2.75, 3.05) is 7.11 Å². The predicted octanol–water partition coefficient (Wildman–Crippen LogP) is 4.33. The minimum absolute atomic E-state index is 0.141. The highest BCUT2D eigenvalue weighted by molar-refractivity contribution is 7.13. The lowest BCUT2D eigenvalue weighted by molar-refractivity contribution is 0.415. The first kappa shape index (κ1) is 14.7. The average molecular weight is 334 g/mol. The number of aromatic amines is 1. The van der Waals surface area contributed by atoms with Crippen molar-refractivity contribution in [2.24, 2.45) is 0 Å². The molecule has 4 rings (SSSR count). The van der Waals surface area contributed by atoms with Crippen molar-refractivity contribution in [3.05, 3.63) is 70.3 Å². The molecule has 0 aliphatic carbocycles. The third kappa shape index (κ3) is 2.59.